The number of para-hydroxylation sites is 2. The van der Waals surface area contributed by atoms with E-state index in [4.69, 9.17) is 10.5 Å². The largest absolute Gasteiger partial charge is 0.449 e. The van der Waals surface area contributed by atoms with Gasteiger partial charge in [-0.3, -0.25) is 10.1 Å². The Morgan fingerprint density at radius 2 is 1.78 bits per heavy atom. The number of nitrogens with two attached hydrogens (primary N) is 1. The molecule has 0 heterocycles. The third kappa shape index (κ3) is 2.43. The van der Waals surface area contributed by atoms with Gasteiger partial charge in [-0.25, -0.2) is 0 Å². The lowest BCUT2D eigenvalue weighted by atomic mass is 10.2. The van der Waals surface area contributed by atoms with Crippen molar-refractivity contribution < 1.29 is 9.66 Å². The molecule has 0 fully saturated rings. The van der Waals surface area contributed by atoms with E-state index in [0.717, 1.165) is 0 Å². The van der Waals surface area contributed by atoms with Crippen molar-refractivity contribution in [2.75, 3.05) is 5.73 Å². The van der Waals surface area contributed by atoms with Crippen molar-refractivity contribution in [3.8, 4) is 11.5 Å². The summed E-state index contributed by atoms with van der Waals surface area (Å²) in [5, 5.41) is 11.0. The fraction of sp³-hybridized carbons (Fsp3) is 0. The Morgan fingerprint density at radius 1 is 1.11 bits per heavy atom. The number of rotatable bonds is 3. The summed E-state index contributed by atoms with van der Waals surface area (Å²) in [6, 6.07) is 11.7. The second-order valence-electron chi connectivity index (χ2n) is 3.48. The van der Waals surface area contributed by atoms with Gasteiger partial charge in [0.05, 0.1) is 9.40 Å². The Hall–Kier alpha value is -2.08. The number of anilines is 1. The molecule has 6 heteroatoms. The topological polar surface area (TPSA) is 78.4 Å². The van der Waals surface area contributed by atoms with Crippen LogP contribution in [0.3, 0.4) is 0 Å². The number of benzene rings is 2. The Morgan fingerprint density at radius 3 is 2.44 bits per heavy atom. The van der Waals surface area contributed by atoms with Crippen molar-refractivity contribution in [2.24, 2.45) is 0 Å². The summed E-state index contributed by atoms with van der Waals surface area (Å²) in [5.74, 6) is 0.609. The first-order valence-electron chi connectivity index (χ1n) is 5.05. The van der Waals surface area contributed by atoms with Gasteiger partial charge in [0.1, 0.15) is 11.4 Å². The second-order valence-corrected chi connectivity index (χ2v) is 4.34. The van der Waals surface area contributed by atoms with E-state index in [0.29, 0.717) is 10.2 Å². The van der Waals surface area contributed by atoms with Crippen molar-refractivity contribution >= 4 is 27.3 Å². The minimum absolute atomic E-state index is 0.0737. The monoisotopic (exact) mass is 308 g/mol. The highest BCUT2D eigenvalue weighted by molar-refractivity contribution is 9.10. The molecular formula is C12H9BrN2O3. The number of nitro benzene ring substituents is 1. The molecule has 0 radical (unpaired) electrons. The van der Waals surface area contributed by atoms with Crippen LogP contribution in [-0.4, -0.2) is 4.92 Å². The summed E-state index contributed by atoms with van der Waals surface area (Å²) < 4.78 is 6.22. The van der Waals surface area contributed by atoms with Gasteiger partial charge in [-0.1, -0.05) is 18.2 Å². The summed E-state index contributed by atoms with van der Waals surface area (Å²) in [7, 11) is 0. The molecule has 0 bridgehead atoms. The van der Waals surface area contributed by atoms with Gasteiger partial charge in [0.25, 0.3) is 0 Å². The highest BCUT2D eigenvalue weighted by Gasteiger charge is 2.20. The molecule has 0 aliphatic carbocycles. The predicted molar refractivity (Wildman–Crippen MR) is 71.7 cm³/mol. The number of nitro groups is 1. The van der Waals surface area contributed by atoms with Crippen LogP contribution < -0.4 is 10.5 Å². The zero-order valence-electron chi connectivity index (χ0n) is 9.17. The molecule has 0 saturated heterocycles. The lowest BCUT2D eigenvalue weighted by Gasteiger charge is -2.08. The van der Waals surface area contributed by atoms with Gasteiger partial charge in [0, 0.05) is 0 Å². The smallest absolute Gasteiger partial charge is 0.334 e. The minimum Gasteiger partial charge on any atom is -0.449 e. The van der Waals surface area contributed by atoms with Crippen LogP contribution in [0.15, 0.2) is 46.9 Å². The molecule has 0 aliphatic heterocycles. The normalized spacial score (nSPS) is 10.1. The molecule has 0 aliphatic rings. The fourth-order valence-electron chi connectivity index (χ4n) is 1.46. The lowest BCUT2D eigenvalue weighted by Crippen LogP contribution is -1.98. The van der Waals surface area contributed by atoms with Crippen LogP contribution in [0.5, 0.6) is 11.5 Å². The number of nitrogen functional groups attached to an aromatic ring is 1. The van der Waals surface area contributed by atoms with Crippen LogP contribution in [0, 0.1) is 10.1 Å². The first kappa shape index (κ1) is 12.4. The quantitative estimate of drug-likeness (QED) is 0.532. The van der Waals surface area contributed by atoms with Gasteiger partial charge in [0.15, 0.2) is 0 Å². The summed E-state index contributed by atoms with van der Waals surface area (Å²) in [5.41, 5.74) is 5.43. The molecule has 0 atom stereocenters. The van der Waals surface area contributed by atoms with E-state index >= 15 is 0 Å². The number of halogens is 1. The van der Waals surface area contributed by atoms with Gasteiger partial charge in [-0.2, -0.15) is 0 Å². The molecule has 2 aromatic rings. The molecule has 0 saturated carbocycles. The maximum Gasteiger partial charge on any atom is 0.334 e. The van der Waals surface area contributed by atoms with E-state index in [-0.39, 0.29) is 17.1 Å². The molecule has 18 heavy (non-hydrogen) atoms. The fourth-order valence-corrected chi connectivity index (χ4v) is 1.83. The Labute approximate surface area is 111 Å². The summed E-state index contributed by atoms with van der Waals surface area (Å²) in [6.45, 7) is 0. The van der Waals surface area contributed by atoms with Crippen LogP contribution >= 0.6 is 15.9 Å². The zero-order chi connectivity index (χ0) is 13.1. The number of hydrogen-bond acceptors (Lipinski definition) is 4. The molecule has 5 nitrogen and oxygen atoms in total. The lowest BCUT2D eigenvalue weighted by molar-refractivity contribution is -0.384. The van der Waals surface area contributed by atoms with Crippen molar-refractivity contribution in [2.45, 2.75) is 0 Å². The second kappa shape index (κ2) is 5.05. The maximum atomic E-state index is 11.0. The highest BCUT2D eigenvalue weighted by atomic mass is 79.9. The zero-order valence-corrected chi connectivity index (χ0v) is 10.8. The van der Waals surface area contributed by atoms with Crippen LogP contribution in [0.4, 0.5) is 11.4 Å². The predicted octanol–water partition coefficient (Wildman–Crippen LogP) is 3.73. The maximum absolute atomic E-state index is 11.0. The first-order valence-corrected chi connectivity index (χ1v) is 5.84. The summed E-state index contributed by atoms with van der Waals surface area (Å²) >= 11 is 3.31. The van der Waals surface area contributed by atoms with E-state index in [1.54, 1.807) is 24.3 Å². The molecule has 2 aromatic carbocycles. The summed E-state index contributed by atoms with van der Waals surface area (Å²) in [6.07, 6.45) is 0. The van der Waals surface area contributed by atoms with Crippen LogP contribution in [0.1, 0.15) is 0 Å². The van der Waals surface area contributed by atoms with Crippen molar-refractivity contribution in [3.05, 3.63) is 57.1 Å². The number of nitrogens with zero attached hydrogens (tertiary/aromatic N) is 1. The standard InChI is InChI=1S/C12H9BrN2O3/c13-8-4-1-2-6-10(8)18-11-7-3-5-9(14)12(11)15(16)17/h1-7H,14H2. The molecule has 92 valence electrons. The SMILES string of the molecule is Nc1cccc(Oc2ccccc2Br)c1[N+](=O)[O-]. The van der Waals surface area contributed by atoms with E-state index in [1.165, 1.54) is 12.1 Å². The van der Waals surface area contributed by atoms with E-state index < -0.39 is 4.92 Å². The van der Waals surface area contributed by atoms with Crippen molar-refractivity contribution in [1.29, 1.82) is 0 Å². The Bertz CT molecular complexity index is 602. The molecule has 0 spiro atoms. The Kier molecular flexibility index (Phi) is 3.47. The third-order valence-electron chi connectivity index (χ3n) is 2.27. The molecule has 0 aromatic heterocycles. The average molecular weight is 309 g/mol. The number of ether oxygens (including phenoxy) is 1. The Balaban J connectivity index is 2.44. The number of hydrogen-bond donors (Lipinski definition) is 1. The average Bonchev–Trinajstić information content (AvgIpc) is 2.31. The van der Waals surface area contributed by atoms with Gasteiger partial charge < -0.3 is 10.5 Å². The third-order valence-corrected chi connectivity index (χ3v) is 2.92. The summed E-state index contributed by atoms with van der Waals surface area (Å²) in [4.78, 5) is 10.4. The van der Waals surface area contributed by atoms with Crippen LogP contribution in [0.2, 0.25) is 0 Å². The van der Waals surface area contributed by atoms with Gasteiger partial charge >= 0.3 is 5.69 Å². The van der Waals surface area contributed by atoms with Gasteiger partial charge in [-0.15, -0.1) is 0 Å². The van der Waals surface area contributed by atoms with Crippen LogP contribution in [0.25, 0.3) is 0 Å². The van der Waals surface area contributed by atoms with Crippen LogP contribution in [-0.2, 0) is 0 Å². The molecule has 0 unspecified atom stereocenters. The molecular weight excluding hydrogens is 300 g/mol. The van der Waals surface area contributed by atoms with E-state index in [2.05, 4.69) is 15.9 Å². The highest BCUT2D eigenvalue weighted by Crippen LogP contribution is 2.37. The van der Waals surface area contributed by atoms with Gasteiger partial charge in [0.2, 0.25) is 5.75 Å². The molecule has 0 amide bonds. The minimum atomic E-state index is -0.554. The molecule has 2 N–H and O–H groups in total. The van der Waals surface area contributed by atoms with E-state index in [1.807, 2.05) is 6.07 Å². The first-order chi connectivity index (χ1) is 8.59. The van der Waals surface area contributed by atoms with Gasteiger partial charge in [-0.05, 0) is 40.2 Å². The molecule has 2 rings (SSSR count). The van der Waals surface area contributed by atoms with Crippen molar-refractivity contribution in [3.63, 3.8) is 0 Å². The van der Waals surface area contributed by atoms with E-state index in [9.17, 15) is 10.1 Å². The van der Waals surface area contributed by atoms with Crippen molar-refractivity contribution in [1.82, 2.24) is 0 Å².